The van der Waals surface area contributed by atoms with Crippen LogP contribution >= 0.6 is 46.6 Å². The summed E-state index contributed by atoms with van der Waals surface area (Å²) in [4.78, 5) is 0. The average Bonchev–Trinajstić information content (AvgIpc) is 2.41. The molecule has 104 valence electrons. The summed E-state index contributed by atoms with van der Waals surface area (Å²) in [6, 6.07) is 9.87. The molecule has 0 saturated heterocycles. The Kier molecular flexibility index (Phi) is 5.79. The molecule has 2 aromatic carbocycles. The molecule has 0 nitrogen and oxygen atoms in total. The fourth-order valence-corrected chi connectivity index (χ4v) is 3.00. The first-order chi connectivity index (χ1) is 9.58. The zero-order chi connectivity index (χ0) is 14.5. The molecule has 0 saturated carbocycles. The molecule has 2 aromatic rings. The van der Waals surface area contributed by atoms with E-state index >= 15 is 0 Å². The summed E-state index contributed by atoms with van der Waals surface area (Å²) in [7, 11) is 0. The highest BCUT2D eigenvalue weighted by Gasteiger charge is 2.02. The van der Waals surface area contributed by atoms with Crippen LogP contribution in [0.3, 0.4) is 0 Å². The van der Waals surface area contributed by atoms with Crippen LogP contribution in [0.5, 0.6) is 0 Å². The molecule has 0 heterocycles. The lowest BCUT2D eigenvalue weighted by Crippen LogP contribution is -1.83. The van der Waals surface area contributed by atoms with Crippen LogP contribution in [0.15, 0.2) is 41.8 Å². The van der Waals surface area contributed by atoms with Gasteiger partial charge >= 0.3 is 0 Å². The summed E-state index contributed by atoms with van der Waals surface area (Å²) < 4.78 is 12.9. The minimum absolute atomic E-state index is 0.329. The number of thioether (sulfide) groups is 1. The van der Waals surface area contributed by atoms with Crippen LogP contribution < -0.4 is 0 Å². The van der Waals surface area contributed by atoms with E-state index in [-0.39, 0.29) is 5.82 Å². The molecular formula is C15H10Cl3FS. The third kappa shape index (κ3) is 4.16. The molecule has 0 amide bonds. The summed E-state index contributed by atoms with van der Waals surface area (Å²) in [5.41, 5.74) is 1.75. The third-order valence-electron chi connectivity index (χ3n) is 2.58. The van der Waals surface area contributed by atoms with Crippen LogP contribution in [0.2, 0.25) is 15.1 Å². The monoisotopic (exact) mass is 346 g/mol. The summed E-state index contributed by atoms with van der Waals surface area (Å²) in [5.74, 6) is 0.332. The first kappa shape index (κ1) is 15.7. The summed E-state index contributed by atoms with van der Waals surface area (Å²) in [6.07, 6.45) is 1.89. The van der Waals surface area contributed by atoms with E-state index in [1.54, 1.807) is 23.9 Å². The molecule has 0 N–H and O–H groups in total. The predicted octanol–water partition coefficient (Wildman–Crippen LogP) is 6.69. The van der Waals surface area contributed by atoms with Crippen molar-refractivity contribution in [3.63, 3.8) is 0 Å². The van der Waals surface area contributed by atoms with Crippen LogP contribution in [0.4, 0.5) is 4.39 Å². The van der Waals surface area contributed by atoms with Crippen molar-refractivity contribution in [3.8, 4) is 0 Å². The van der Waals surface area contributed by atoms with E-state index in [9.17, 15) is 4.39 Å². The van der Waals surface area contributed by atoms with Gasteiger partial charge in [0.05, 0.1) is 10.0 Å². The van der Waals surface area contributed by atoms with Gasteiger partial charge in [-0.25, -0.2) is 4.39 Å². The Morgan fingerprint density at radius 2 is 1.85 bits per heavy atom. The fraction of sp³-hybridized carbons (Fsp3) is 0.0667. The van der Waals surface area contributed by atoms with Crippen molar-refractivity contribution >= 4 is 52.6 Å². The van der Waals surface area contributed by atoms with Gasteiger partial charge in [-0.1, -0.05) is 53.0 Å². The van der Waals surface area contributed by atoms with Crippen LogP contribution in [-0.2, 0) is 5.75 Å². The molecule has 2 rings (SSSR count). The Labute approximate surface area is 136 Å². The van der Waals surface area contributed by atoms with Crippen LogP contribution in [0.1, 0.15) is 11.1 Å². The normalized spacial score (nSPS) is 11.2. The van der Waals surface area contributed by atoms with Gasteiger partial charge in [0.2, 0.25) is 0 Å². The van der Waals surface area contributed by atoms with E-state index in [2.05, 4.69) is 0 Å². The number of benzene rings is 2. The fourth-order valence-electron chi connectivity index (χ4n) is 1.55. The van der Waals surface area contributed by atoms with Gasteiger partial charge in [0, 0.05) is 10.8 Å². The van der Waals surface area contributed by atoms with Gasteiger partial charge in [0.1, 0.15) is 5.82 Å². The SMILES string of the molecule is Fc1ccc(CSC=Cc2cccc(Cl)c2Cl)c(Cl)c1. The van der Waals surface area contributed by atoms with Gasteiger partial charge < -0.3 is 0 Å². The molecule has 5 heteroatoms. The second-order valence-corrected chi connectivity index (χ2v) is 6.08. The van der Waals surface area contributed by atoms with E-state index in [1.165, 1.54) is 12.1 Å². The van der Waals surface area contributed by atoms with Gasteiger partial charge in [0.25, 0.3) is 0 Å². The van der Waals surface area contributed by atoms with Crippen molar-refractivity contribution in [3.05, 3.63) is 73.8 Å². The zero-order valence-corrected chi connectivity index (χ0v) is 13.3. The number of hydrogen-bond donors (Lipinski definition) is 0. The van der Waals surface area contributed by atoms with Gasteiger partial charge in [-0.05, 0) is 40.8 Å². The molecule has 0 aliphatic carbocycles. The molecule has 0 unspecified atom stereocenters. The highest BCUT2D eigenvalue weighted by molar-refractivity contribution is 8.01. The predicted molar refractivity (Wildman–Crippen MR) is 88.2 cm³/mol. The van der Waals surface area contributed by atoms with Crippen molar-refractivity contribution in [2.75, 3.05) is 0 Å². The van der Waals surface area contributed by atoms with Crippen molar-refractivity contribution in [2.45, 2.75) is 5.75 Å². The molecule has 0 radical (unpaired) electrons. The van der Waals surface area contributed by atoms with Crippen molar-refractivity contribution in [1.82, 2.24) is 0 Å². The van der Waals surface area contributed by atoms with E-state index in [1.807, 2.05) is 23.6 Å². The molecule has 20 heavy (non-hydrogen) atoms. The molecule has 0 aromatic heterocycles. The van der Waals surface area contributed by atoms with Crippen LogP contribution in [0.25, 0.3) is 6.08 Å². The maximum atomic E-state index is 12.9. The Balaban J connectivity index is 1.99. The van der Waals surface area contributed by atoms with Gasteiger partial charge in [-0.3, -0.25) is 0 Å². The van der Waals surface area contributed by atoms with Crippen molar-refractivity contribution in [2.24, 2.45) is 0 Å². The molecule has 0 aliphatic rings. The van der Waals surface area contributed by atoms with Gasteiger partial charge in [0.15, 0.2) is 0 Å². The third-order valence-corrected chi connectivity index (χ3v) is 4.57. The van der Waals surface area contributed by atoms with E-state index in [4.69, 9.17) is 34.8 Å². The highest BCUT2D eigenvalue weighted by Crippen LogP contribution is 2.28. The molecule has 0 bridgehead atoms. The van der Waals surface area contributed by atoms with Gasteiger partial charge in [-0.15, -0.1) is 11.8 Å². The maximum absolute atomic E-state index is 12.9. The Hall–Kier alpha value is -0.670. The smallest absolute Gasteiger partial charge is 0.124 e. The summed E-state index contributed by atoms with van der Waals surface area (Å²) in [6.45, 7) is 0. The maximum Gasteiger partial charge on any atom is 0.124 e. The zero-order valence-electron chi connectivity index (χ0n) is 10.2. The van der Waals surface area contributed by atoms with E-state index in [0.717, 1.165) is 11.1 Å². The van der Waals surface area contributed by atoms with E-state index in [0.29, 0.717) is 20.8 Å². The lowest BCUT2D eigenvalue weighted by Gasteiger charge is -2.02. The second kappa shape index (κ2) is 7.37. The molecule has 0 atom stereocenters. The lowest BCUT2D eigenvalue weighted by atomic mass is 10.2. The second-order valence-electron chi connectivity index (χ2n) is 3.99. The van der Waals surface area contributed by atoms with Crippen LogP contribution in [-0.4, -0.2) is 0 Å². The topological polar surface area (TPSA) is 0 Å². The van der Waals surface area contributed by atoms with E-state index < -0.39 is 0 Å². The summed E-state index contributed by atoms with van der Waals surface area (Å²) in [5, 5.41) is 3.41. The van der Waals surface area contributed by atoms with Crippen molar-refractivity contribution < 1.29 is 4.39 Å². The molecule has 0 aliphatic heterocycles. The number of halogens is 4. The minimum Gasteiger partial charge on any atom is -0.207 e. The molecule has 0 fully saturated rings. The first-order valence-corrected chi connectivity index (χ1v) is 7.92. The minimum atomic E-state index is -0.329. The Bertz CT molecular complexity index is 641. The van der Waals surface area contributed by atoms with Gasteiger partial charge in [-0.2, -0.15) is 0 Å². The summed E-state index contributed by atoms with van der Waals surface area (Å²) >= 11 is 19.5. The standard InChI is InChI=1S/C15H10Cl3FS/c16-13-3-1-2-10(15(13)18)6-7-20-9-11-4-5-12(19)8-14(11)17/h1-8H,9H2. The van der Waals surface area contributed by atoms with Crippen molar-refractivity contribution in [1.29, 1.82) is 0 Å². The average molecular weight is 348 g/mol. The Morgan fingerprint density at radius 1 is 1.05 bits per heavy atom. The first-order valence-electron chi connectivity index (χ1n) is 5.74. The lowest BCUT2D eigenvalue weighted by molar-refractivity contribution is 0.627. The van der Waals surface area contributed by atoms with Crippen LogP contribution in [0, 0.1) is 5.82 Å². The number of hydrogen-bond acceptors (Lipinski definition) is 1. The highest BCUT2D eigenvalue weighted by atomic mass is 35.5. The Morgan fingerprint density at radius 3 is 2.60 bits per heavy atom. The largest absolute Gasteiger partial charge is 0.207 e. The molecular weight excluding hydrogens is 338 g/mol. The quantitative estimate of drug-likeness (QED) is 0.593. The number of rotatable bonds is 4. The molecule has 0 spiro atoms.